The summed E-state index contributed by atoms with van der Waals surface area (Å²) in [5.41, 5.74) is 1.38. The van der Waals surface area contributed by atoms with E-state index >= 15 is 0 Å². The number of nitrogens with zero attached hydrogens (tertiary/aromatic N) is 2. The molecule has 4 atom stereocenters. The van der Waals surface area contributed by atoms with Crippen molar-refractivity contribution in [2.45, 2.75) is 37.7 Å². The van der Waals surface area contributed by atoms with Gasteiger partial charge in [-0.1, -0.05) is 60.7 Å². The minimum absolute atomic E-state index is 0.0263. The van der Waals surface area contributed by atoms with Crippen LogP contribution in [0.5, 0.6) is 0 Å². The molecule has 0 aromatic heterocycles. The van der Waals surface area contributed by atoms with Gasteiger partial charge in [0.2, 0.25) is 5.91 Å². The molecule has 0 bridgehead atoms. The highest BCUT2D eigenvalue weighted by Crippen LogP contribution is 2.38. The average Bonchev–Trinajstić information content (AvgIpc) is 3.24. The number of ether oxygens (including phenoxy) is 2. The average molecular weight is 531 g/mol. The Morgan fingerprint density at radius 2 is 1.68 bits per heavy atom. The van der Waals surface area contributed by atoms with Gasteiger partial charge in [-0.15, -0.1) is 0 Å². The molecule has 0 aliphatic carbocycles. The largest absolute Gasteiger partial charge is 0.459 e. The van der Waals surface area contributed by atoms with E-state index in [1.165, 1.54) is 4.90 Å². The first kappa shape index (κ1) is 26.3. The molecule has 2 aliphatic heterocycles. The van der Waals surface area contributed by atoms with Crippen LogP contribution < -0.4 is 0 Å². The topological polar surface area (TPSA) is 137 Å². The first-order chi connectivity index (χ1) is 17.6. The Morgan fingerprint density at radius 1 is 1.05 bits per heavy atom. The van der Waals surface area contributed by atoms with Gasteiger partial charge >= 0.3 is 12.1 Å². The van der Waals surface area contributed by atoms with E-state index in [1.807, 2.05) is 0 Å². The van der Waals surface area contributed by atoms with Gasteiger partial charge in [0.1, 0.15) is 19.3 Å². The van der Waals surface area contributed by atoms with E-state index in [4.69, 9.17) is 13.7 Å². The molecule has 37 heavy (non-hydrogen) atoms. The van der Waals surface area contributed by atoms with Crippen LogP contribution in [-0.2, 0) is 44.8 Å². The van der Waals surface area contributed by atoms with Crippen LogP contribution in [0, 0.1) is 0 Å². The fraction of sp³-hybridized carbons (Fsp3) is 0.360. The Hall–Kier alpha value is -3.77. The van der Waals surface area contributed by atoms with Crippen molar-refractivity contribution in [3.8, 4) is 0 Å². The molecule has 0 spiro atoms. The molecular weight excluding hydrogens is 504 g/mol. The fourth-order valence-corrected chi connectivity index (χ4v) is 4.88. The van der Waals surface area contributed by atoms with E-state index in [9.17, 15) is 27.6 Å². The van der Waals surface area contributed by atoms with Gasteiger partial charge in [-0.2, -0.15) is 8.42 Å². The van der Waals surface area contributed by atoms with E-state index in [1.54, 1.807) is 60.7 Å². The SMILES string of the molecule is CC(=O)C(C(=O)OCc1ccccc1)N1C(=O)[C@@H](N2C(=O)OC[C@@H]2c2ccccc2)[C@H]1COS(C)(=O)=O. The van der Waals surface area contributed by atoms with Crippen LogP contribution in [0.15, 0.2) is 60.7 Å². The maximum Gasteiger partial charge on any atom is 0.411 e. The smallest absolute Gasteiger partial charge is 0.411 e. The third-order valence-electron chi connectivity index (χ3n) is 6.19. The zero-order valence-corrected chi connectivity index (χ0v) is 21.0. The zero-order chi connectivity index (χ0) is 26.7. The normalized spacial score (nSPS) is 22.3. The monoisotopic (exact) mass is 530 g/mol. The van der Waals surface area contributed by atoms with Crippen molar-refractivity contribution < 1.29 is 41.3 Å². The predicted octanol–water partition coefficient (Wildman–Crippen LogP) is 1.44. The maximum atomic E-state index is 13.4. The molecular formula is C25H26N2O9S. The lowest BCUT2D eigenvalue weighted by Gasteiger charge is -2.52. The number of cyclic esters (lactones) is 1. The van der Waals surface area contributed by atoms with E-state index in [0.717, 1.165) is 18.1 Å². The molecule has 0 radical (unpaired) electrons. The van der Waals surface area contributed by atoms with Gasteiger partial charge in [-0.3, -0.25) is 18.7 Å². The van der Waals surface area contributed by atoms with Gasteiger partial charge in [0.15, 0.2) is 11.8 Å². The number of likely N-dealkylation sites (tertiary alicyclic amines) is 1. The van der Waals surface area contributed by atoms with Crippen LogP contribution in [0.2, 0.25) is 0 Å². The number of carbonyl (C=O) groups excluding carboxylic acids is 4. The summed E-state index contributed by atoms with van der Waals surface area (Å²) < 4.78 is 39.0. The molecule has 12 heteroatoms. The van der Waals surface area contributed by atoms with Crippen molar-refractivity contribution >= 4 is 33.9 Å². The molecule has 2 aromatic rings. The number of rotatable bonds is 10. The molecule has 2 aromatic carbocycles. The van der Waals surface area contributed by atoms with Gasteiger partial charge in [0.25, 0.3) is 10.1 Å². The summed E-state index contributed by atoms with van der Waals surface area (Å²) in [6.07, 6.45) is 0.0579. The molecule has 2 fully saturated rings. The lowest BCUT2D eigenvalue weighted by atomic mass is 9.89. The van der Waals surface area contributed by atoms with Crippen molar-refractivity contribution in [2.24, 2.45) is 0 Å². The summed E-state index contributed by atoms with van der Waals surface area (Å²) in [5.74, 6) is -2.38. The predicted molar refractivity (Wildman–Crippen MR) is 128 cm³/mol. The van der Waals surface area contributed by atoms with Gasteiger partial charge in [-0.05, 0) is 18.1 Å². The molecule has 11 nitrogen and oxygen atoms in total. The van der Waals surface area contributed by atoms with Crippen molar-refractivity contribution in [2.75, 3.05) is 19.5 Å². The first-order valence-electron chi connectivity index (χ1n) is 11.5. The Balaban J connectivity index is 1.61. The molecule has 0 saturated carbocycles. The van der Waals surface area contributed by atoms with Crippen LogP contribution >= 0.6 is 0 Å². The zero-order valence-electron chi connectivity index (χ0n) is 20.2. The van der Waals surface area contributed by atoms with Crippen molar-refractivity contribution in [3.63, 3.8) is 0 Å². The highest BCUT2D eigenvalue weighted by molar-refractivity contribution is 7.85. The second-order valence-corrected chi connectivity index (χ2v) is 10.4. The van der Waals surface area contributed by atoms with Gasteiger partial charge in [-0.25, -0.2) is 9.59 Å². The molecule has 2 aliphatic rings. The second-order valence-electron chi connectivity index (χ2n) is 8.76. The lowest BCUT2D eigenvalue weighted by molar-refractivity contribution is -0.177. The Bertz CT molecular complexity index is 1280. The van der Waals surface area contributed by atoms with Crippen LogP contribution in [-0.4, -0.2) is 79.6 Å². The molecule has 196 valence electrons. The van der Waals surface area contributed by atoms with E-state index in [-0.39, 0.29) is 13.2 Å². The summed E-state index contributed by atoms with van der Waals surface area (Å²) in [6, 6.07) is 13.0. The highest BCUT2D eigenvalue weighted by atomic mass is 32.2. The second kappa shape index (κ2) is 10.7. The number of β-lactam (4-membered cyclic amide) rings is 1. The van der Waals surface area contributed by atoms with Crippen molar-refractivity contribution in [1.82, 2.24) is 9.80 Å². The number of hydrogen-bond donors (Lipinski definition) is 0. The van der Waals surface area contributed by atoms with E-state index < -0.39 is 64.6 Å². The highest BCUT2D eigenvalue weighted by Gasteiger charge is 2.60. The minimum atomic E-state index is -3.95. The van der Waals surface area contributed by atoms with Crippen LogP contribution in [0.1, 0.15) is 24.1 Å². The Kier molecular flexibility index (Phi) is 7.60. The number of amides is 2. The third-order valence-corrected chi connectivity index (χ3v) is 6.75. The number of benzene rings is 2. The van der Waals surface area contributed by atoms with Crippen LogP contribution in [0.25, 0.3) is 0 Å². The molecule has 1 unspecified atom stereocenters. The Labute approximate surface area is 214 Å². The first-order valence-corrected chi connectivity index (χ1v) is 13.3. The molecule has 0 N–H and O–H groups in total. The quantitative estimate of drug-likeness (QED) is 0.193. The van der Waals surface area contributed by atoms with Crippen LogP contribution in [0.4, 0.5) is 4.79 Å². The van der Waals surface area contributed by atoms with Gasteiger partial charge in [0, 0.05) is 0 Å². The third kappa shape index (κ3) is 5.65. The van der Waals surface area contributed by atoms with Crippen molar-refractivity contribution in [1.29, 1.82) is 0 Å². The fourth-order valence-electron chi connectivity index (χ4n) is 4.49. The molecule has 4 rings (SSSR count). The number of esters is 1. The maximum absolute atomic E-state index is 13.4. The molecule has 2 saturated heterocycles. The summed E-state index contributed by atoms with van der Waals surface area (Å²) in [5, 5.41) is 0. The number of hydrogen-bond acceptors (Lipinski definition) is 9. The Morgan fingerprint density at radius 3 is 2.27 bits per heavy atom. The van der Waals surface area contributed by atoms with E-state index in [0.29, 0.717) is 11.1 Å². The summed E-state index contributed by atoms with van der Waals surface area (Å²) in [4.78, 5) is 53.8. The number of carbonyl (C=O) groups is 4. The van der Waals surface area contributed by atoms with E-state index in [2.05, 4.69) is 0 Å². The summed E-state index contributed by atoms with van der Waals surface area (Å²) in [6.45, 7) is 0.395. The van der Waals surface area contributed by atoms with Crippen molar-refractivity contribution in [3.05, 3.63) is 71.8 Å². The van der Waals surface area contributed by atoms with Gasteiger partial charge < -0.3 is 14.4 Å². The number of Topliss-reactive ketones (excluding diaryl/α,β-unsaturated/α-hetero) is 1. The minimum Gasteiger partial charge on any atom is -0.459 e. The van der Waals surface area contributed by atoms with Gasteiger partial charge in [0.05, 0.1) is 24.9 Å². The number of ketones is 1. The standard InChI is InChI=1S/C25H26N2O9S/c1-16(28)21(24(30)34-13-17-9-5-3-6-10-17)26-20(15-36-37(2,32)33)22(23(26)29)27-19(14-35-25(27)31)18-11-7-4-8-12-18/h3-12,19-22H,13-15H2,1-2H3/t19-,20-,21?,22+/m1/s1. The summed E-state index contributed by atoms with van der Waals surface area (Å²) >= 11 is 0. The summed E-state index contributed by atoms with van der Waals surface area (Å²) in [7, 11) is -3.95. The molecule has 2 amide bonds. The van der Waals surface area contributed by atoms with Crippen LogP contribution in [0.3, 0.4) is 0 Å². The lowest BCUT2D eigenvalue weighted by Crippen LogP contribution is -2.76. The molecule has 2 heterocycles.